The smallest absolute Gasteiger partial charge is 0.233 e. The third-order valence-corrected chi connectivity index (χ3v) is 2.65. The van der Waals surface area contributed by atoms with E-state index in [1.165, 1.54) is 0 Å². The van der Waals surface area contributed by atoms with Gasteiger partial charge in [-0.15, -0.1) is 5.10 Å². The van der Waals surface area contributed by atoms with Crippen molar-refractivity contribution in [2.24, 2.45) is 0 Å². The normalized spacial score (nSPS) is 9.93. The Morgan fingerprint density at radius 1 is 1.13 bits per heavy atom. The van der Waals surface area contributed by atoms with Gasteiger partial charge in [-0.25, -0.2) is 0 Å². The van der Waals surface area contributed by atoms with Crippen LogP contribution in [0, 0.1) is 0 Å². The minimum atomic E-state index is 0.486. The topological polar surface area (TPSA) is 35.0 Å². The van der Waals surface area contributed by atoms with Crippen molar-refractivity contribution in [3.8, 4) is 5.88 Å². The molecule has 4 heteroatoms. The van der Waals surface area contributed by atoms with Crippen molar-refractivity contribution in [3.63, 3.8) is 0 Å². The van der Waals surface area contributed by atoms with Crippen LogP contribution in [0.15, 0.2) is 47.1 Å². The molecular weight excluding hydrogens is 256 g/mol. The van der Waals surface area contributed by atoms with E-state index in [9.17, 15) is 0 Å². The van der Waals surface area contributed by atoms with E-state index in [4.69, 9.17) is 4.74 Å². The molecule has 76 valence electrons. The first kappa shape index (κ1) is 10.1. The van der Waals surface area contributed by atoms with Crippen molar-refractivity contribution in [2.45, 2.75) is 6.61 Å². The lowest BCUT2D eigenvalue weighted by Crippen LogP contribution is -1.98. The molecule has 1 aromatic carbocycles. The van der Waals surface area contributed by atoms with Crippen LogP contribution < -0.4 is 4.74 Å². The minimum absolute atomic E-state index is 0.486. The monoisotopic (exact) mass is 264 g/mol. The molecule has 2 aromatic rings. The van der Waals surface area contributed by atoms with Crippen LogP contribution in [-0.2, 0) is 6.61 Å². The Kier molecular flexibility index (Phi) is 3.29. The predicted molar refractivity (Wildman–Crippen MR) is 60.5 cm³/mol. The van der Waals surface area contributed by atoms with Crippen LogP contribution in [0.5, 0.6) is 5.88 Å². The number of hydrogen-bond acceptors (Lipinski definition) is 3. The zero-order chi connectivity index (χ0) is 10.5. The predicted octanol–water partition coefficient (Wildman–Crippen LogP) is 2.82. The second kappa shape index (κ2) is 4.89. The van der Waals surface area contributed by atoms with Gasteiger partial charge >= 0.3 is 0 Å². The molecule has 15 heavy (non-hydrogen) atoms. The highest BCUT2D eigenvalue weighted by molar-refractivity contribution is 9.10. The van der Waals surface area contributed by atoms with E-state index in [1.807, 2.05) is 24.3 Å². The van der Waals surface area contributed by atoms with Gasteiger partial charge in [0.25, 0.3) is 0 Å². The molecule has 0 radical (unpaired) electrons. The van der Waals surface area contributed by atoms with Crippen LogP contribution in [0.25, 0.3) is 0 Å². The number of halogens is 1. The summed E-state index contributed by atoms with van der Waals surface area (Å²) in [6.07, 6.45) is 1.62. The SMILES string of the molecule is Brc1ccccc1COc1cccnn1. The Morgan fingerprint density at radius 2 is 2.00 bits per heavy atom. The van der Waals surface area contributed by atoms with Gasteiger partial charge in [0, 0.05) is 22.3 Å². The van der Waals surface area contributed by atoms with Crippen LogP contribution in [-0.4, -0.2) is 10.2 Å². The zero-order valence-corrected chi connectivity index (χ0v) is 9.52. The Bertz CT molecular complexity index is 434. The number of ether oxygens (including phenoxy) is 1. The van der Waals surface area contributed by atoms with E-state index in [1.54, 1.807) is 18.3 Å². The Hall–Kier alpha value is -1.42. The first-order chi connectivity index (χ1) is 7.36. The third-order valence-electron chi connectivity index (χ3n) is 1.88. The fraction of sp³-hybridized carbons (Fsp3) is 0.0909. The molecule has 0 spiro atoms. The molecule has 0 aliphatic rings. The lowest BCUT2D eigenvalue weighted by Gasteiger charge is -2.05. The maximum Gasteiger partial charge on any atom is 0.233 e. The molecule has 0 saturated carbocycles. The molecule has 0 bridgehead atoms. The highest BCUT2D eigenvalue weighted by atomic mass is 79.9. The molecule has 0 aliphatic heterocycles. The second-order valence-corrected chi connectivity index (χ2v) is 3.80. The van der Waals surface area contributed by atoms with Crippen molar-refractivity contribution < 1.29 is 4.74 Å². The summed E-state index contributed by atoms with van der Waals surface area (Å²) in [5.74, 6) is 0.535. The molecule has 0 atom stereocenters. The standard InChI is InChI=1S/C11H9BrN2O/c12-10-5-2-1-4-9(10)8-15-11-6-3-7-13-14-11/h1-7H,8H2. The summed E-state index contributed by atoms with van der Waals surface area (Å²) in [4.78, 5) is 0. The molecule has 2 rings (SSSR count). The summed E-state index contributed by atoms with van der Waals surface area (Å²) in [5.41, 5.74) is 1.09. The number of rotatable bonds is 3. The number of aromatic nitrogens is 2. The third kappa shape index (κ3) is 2.76. The van der Waals surface area contributed by atoms with E-state index in [-0.39, 0.29) is 0 Å². The van der Waals surface area contributed by atoms with E-state index in [0.717, 1.165) is 10.0 Å². The number of hydrogen-bond donors (Lipinski definition) is 0. The van der Waals surface area contributed by atoms with Gasteiger partial charge in [0.1, 0.15) is 6.61 Å². The molecular formula is C11H9BrN2O. The molecule has 0 fully saturated rings. The van der Waals surface area contributed by atoms with Gasteiger partial charge in [-0.05, 0) is 12.1 Å². The molecule has 0 unspecified atom stereocenters. The van der Waals surface area contributed by atoms with E-state index >= 15 is 0 Å². The second-order valence-electron chi connectivity index (χ2n) is 2.94. The highest BCUT2D eigenvalue weighted by Crippen LogP contribution is 2.17. The number of benzene rings is 1. The van der Waals surface area contributed by atoms with Gasteiger partial charge in [0.2, 0.25) is 5.88 Å². The summed E-state index contributed by atoms with van der Waals surface area (Å²) in [6.45, 7) is 0.486. The molecule has 0 aliphatic carbocycles. The zero-order valence-electron chi connectivity index (χ0n) is 7.93. The van der Waals surface area contributed by atoms with Gasteiger partial charge in [-0.3, -0.25) is 0 Å². The van der Waals surface area contributed by atoms with Crippen LogP contribution >= 0.6 is 15.9 Å². The molecule has 0 N–H and O–H groups in total. The van der Waals surface area contributed by atoms with Gasteiger partial charge < -0.3 is 4.74 Å². The van der Waals surface area contributed by atoms with Crippen molar-refractivity contribution in [2.75, 3.05) is 0 Å². The van der Waals surface area contributed by atoms with Gasteiger partial charge in [-0.1, -0.05) is 34.1 Å². The van der Waals surface area contributed by atoms with Crippen LogP contribution in [0.1, 0.15) is 5.56 Å². The molecule has 0 amide bonds. The van der Waals surface area contributed by atoms with Crippen LogP contribution in [0.4, 0.5) is 0 Å². The summed E-state index contributed by atoms with van der Waals surface area (Å²) >= 11 is 3.45. The van der Waals surface area contributed by atoms with Crippen molar-refractivity contribution in [1.82, 2.24) is 10.2 Å². The summed E-state index contributed by atoms with van der Waals surface area (Å²) in [5, 5.41) is 7.57. The van der Waals surface area contributed by atoms with Gasteiger partial charge in [0.05, 0.1) is 0 Å². The Morgan fingerprint density at radius 3 is 2.73 bits per heavy atom. The lowest BCUT2D eigenvalue weighted by molar-refractivity contribution is 0.289. The Labute approximate surface area is 96.2 Å². The van der Waals surface area contributed by atoms with Crippen LogP contribution in [0.3, 0.4) is 0 Å². The quantitative estimate of drug-likeness (QED) is 0.855. The summed E-state index contributed by atoms with van der Waals surface area (Å²) < 4.78 is 6.51. The molecule has 0 saturated heterocycles. The van der Waals surface area contributed by atoms with Gasteiger partial charge in [-0.2, -0.15) is 5.10 Å². The molecule has 3 nitrogen and oxygen atoms in total. The maximum atomic E-state index is 5.47. The maximum absolute atomic E-state index is 5.47. The summed E-state index contributed by atoms with van der Waals surface area (Å²) in [7, 11) is 0. The fourth-order valence-electron chi connectivity index (χ4n) is 1.13. The fourth-order valence-corrected chi connectivity index (χ4v) is 1.53. The van der Waals surface area contributed by atoms with Crippen molar-refractivity contribution >= 4 is 15.9 Å². The largest absolute Gasteiger partial charge is 0.472 e. The average molecular weight is 265 g/mol. The van der Waals surface area contributed by atoms with Crippen molar-refractivity contribution in [3.05, 3.63) is 52.6 Å². The molecule has 1 heterocycles. The van der Waals surface area contributed by atoms with Crippen LogP contribution in [0.2, 0.25) is 0 Å². The van der Waals surface area contributed by atoms with E-state index < -0.39 is 0 Å². The summed E-state index contributed by atoms with van der Waals surface area (Å²) in [6, 6.07) is 11.5. The first-order valence-corrected chi connectivity index (χ1v) is 5.29. The van der Waals surface area contributed by atoms with Gasteiger partial charge in [0.15, 0.2) is 0 Å². The molecule has 1 aromatic heterocycles. The van der Waals surface area contributed by atoms with Crippen molar-refractivity contribution in [1.29, 1.82) is 0 Å². The lowest BCUT2D eigenvalue weighted by atomic mass is 10.2. The highest BCUT2D eigenvalue weighted by Gasteiger charge is 2.00. The first-order valence-electron chi connectivity index (χ1n) is 4.50. The Balaban J connectivity index is 2.03. The average Bonchev–Trinajstić information content (AvgIpc) is 2.29. The van der Waals surface area contributed by atoms with E-state index in [2.05, 4.69) is 26.1 Å². The van der Waals surface area contributed by atoms with E-state index in [0.29, 0.717) is 12.5 Å². The minimum Gasteiger partial charge on any atom is -0.472 e. The number of nitrogens with zero attached hydrogens (tertiary/aromatic N) is 2.